The van der Waals surface area contributed by atoms with Crippen molar-refractivity contribution in [1.29, 1.82) is 0 Å². The Hall–Kier alpha value is -0.0997. The molecule has 6 heteroatoms. The van der Waals surface area contributed by atoms with Gasteiger partial charge in [-0.3, -0.25) is 0 Å². The van der Waals surface area contributed by atoms with E-state index in [1.165, 1.54) is 0 Å². The topological polar surface area (TPSA) is 78.9 Å². The molecule has 0 aliphatic rings. The molecule has 11 heavy (non-hydrogen) atoms. The van der Waals surface area contributed by atoms with Crippen LogP contribution in [0.25, 0.3) is 0 Å². The van der Waals surface area contributed by atoms with Crippen LogP contribution < -0.4 is 0 Å². The summed E-state index contributed by atoms with van der Waals surface area (Å²) in [7, 11) is 0. The Morgan fingerprint density at radius 2 is 2.00 bits per heavy atom. The minimum absolute atomic E-state index is 0. The predicted molar refractivity (Wildman–Crippen MR) is 33.6 cm³/mol. The number of hydrogen-bond acceptors (Lipinski definition) is 3. The molecule has 0 aromatic rings. The van der Waals surface area contributed by atoms with Crippen LogP contribution in [0.15, 0.2) is 5.28 Å². The molecule has 0 amide bonds. The standard InChI is InChI=1S/C5H12N2O3.Ag/c1-4(2)5(8)3-7(10)6-9;/h4-5,8-9H,3H2,1-2H3;/q;+1. The number of hydroxylamine groups is 1. The van der Waals surface area contributed by atoms with Gasteiger partial charge in [0.15, 0.2) is 5.28 Å². The largest absolute Gasteiger partial charge is 1.00 e. The summed E-state index contributed by atoms with van der Waals surface area (Å²) < 4.78 is 0. The van der Waals surface area contributed by atoms with Gasteiger partial charge in [0.25, 0.3) is 0 Å². The smallest absolute Gasteiger partial charge is 0.597 e. The van der Waals surface area contributed by atoms with Crippen LogP contribution >= 0.6 is 0 Å². The Balaban J connectivity index is 0. The summed E-state index contributed by atoms with van der Waals surface area (Å²) in [6.07, 6.45) is -0.742. The van der Waals surface area contributed by atoms with Crippen molar-refractivity contribution in [1.82, 2.24) is 0 Å². The van der Waals surface area contributed by atoms with E-state index in [1.54, 1.807) is 13.8 Å². The van der Waals surface area contributed by atoms with Gasteiger partial charge >= 0.3 is 22.4 Å². The third-order valence-corrected chi connectivity index (χ3v) is 1.21. The number of aliphatic hydroxyl groups excluding tert-OH is 1. The summed E-state index contributed by atoms with van der Waals surface area (Å²) in [6.45, 7) is 3.36. The molecule has 0 aromatic heterocycles. The van der Waals surface area contributed by atoms with Gasteiger partial charge in [-0.2, -0.15) is 0 Å². The van der Waals surface area contributed by atoms with Gasteiger partial charge in [-0.15, -0.1) is 0 Å². The average Bonchev–Trinajstić information content (AvgIpc) is 1.87. The molecule has 0 spiro atoms. The Morgan fingerprint density at radius 1 is 1.55 bits per heavy atom. The summed E-state index contributed by atoms with van der Waals surface area (Å²) in [5.74, 6) is -0.00167. The fourth-order valence-electron chi connectivity index (χ4n) is 0.407. The second-order valence-corrected chi connectivity index (χ2v) is 2.44. The van der Waals surface area contributed by atoms with Gasteiger partial charge in [-0.1, -0.05) is 18.7 Å². The zero-order valence-corrected chi connectivity index (χ0v) is 7.84. The summed E-state index contributed by atoms with van der Waals surface area (Å²) in [4.78, 5) is 0.0463. The molecule has 0 aliphatic carbocycles. The number of hydrogen-bond donors (Lipinski definition) is 2. The molecule has 0 saturated heterocycles. The summed E-state index contributed by atoms with van der Waals surface area (Å²) in [6, 6.07) is 0. The quantitative estimate of drug-likeness (QED) is 0.331. The van der Waals surface area contributed by atoms with Crippen molar-refractivity contribution in [3.05, 3.63) is 5.21 Å². The first-order valence-electron chi connectivity index (χ1n) is 3.05. The predicted octanol–water partition coefficient (Wildman–Crippen LogP) is 0.353. The van der Waals surface area contributed by atoms with Gasteiger partial charge in [0.05, 0.1) is 0 Å². The fraction of sp³-hybridized carbons (Fsp3) is 1.00. The maximum atomic E-state index is 10.3. The Morgan fingerprint density at radius 3 is 2.27 bits per heavy atom. The first kappa shape index (κ1) is 13.5. The van der Waals surface area contributed by atoms with Crippen LogP contribution in [0.3, 0.4) is 0 Å². The number of nitrogens with zero attached hydrogens (tertiary/aromatic N) is 2. The van der Waals surface area contributed by atoms with Crippen LogP contribution in [0, 0.1) is 11.1 Å². The Kier molecular flexibility index (Phi) is 8.09. The van der Waals surface area contributed by atoms with Gasteiger partial charge in [0, 0.05) is 0 Å². The van der Waals surface area contributed by atoms with E-state index in [1.807, 2.05) is 0 Å². The van der Waals surface area contributed by atoms with Crippen LogP contribution in [0.4, 0.5) is 0 Å². The number of rotatable bonds is 3. The summed E-state index contributed by atoms with van der Waals surface area (Å²) in [5, 5.41) is 29.5. The van der Waals surface area contributed by atoms with Crippen molar-refractivity contribution >= 4 is 0 Å². The van der Waals surface area contributed by atoms with E-state index in [0.29, 0.717) is 0 Å². The molecular formula is C5H12AgN2O3+. The monoisotopic (exact) mass is 255 g/mol. The summed E-state index contributed by atoms with van der Waals surface area (Å²) >= 11 is 0. The molecule has 70 valence electrons. The molecule has 0 heterocycles. The van der Waals surface area contributed by atoms with Gasteiger partial charge in [0.2, 0.25) is 6.54 Å². The van der Waals surface area contributed by atoms with Crippen molar-refractivity contribution in [2.45, 2.75) is 20.0 Å². The molecule has 2 N–H and O–H groups in total. The SMILES string of the molecule is CC(C)C(O)C[N+]([O-])=NO.[Ag+]. The molecule has 0 aromatic carbocycles. The van der Waals surface area contributed by atoms with Crippen LogP contribution in [0.5, 0.6) is 0 Å². The molecule has 0 saturated carbocycles. The second kappa shape index (κ2) is 6.60. The van der Waals surface area contributed by atoms with Crippen LogP contribution in [-0.2, 0) is 22.4 Å². The maximum Gasteiger partial charge on any atom is 1.00 e. The van der Waals surface area contributed by atoms with Gasteiger partial charge < -0.3 is 15.5 Å². The van der Waals surface area contributed by atoms with Crippen LogP contribution in [0.1, 0.15) is 13.8 Å². The molecule has 1 unspecified atom stereocenters. The number of aliphatic hydroxyl groups is 1. The van der Waals surface area contributed by atoms with E-state index in [0.717, 1.165) is 0 Å². The third kappa shape index (κ3) is 6.30. The van der Waals surface area contributed by atoms with Crippen LogP contribution in [-0.4, -0.2) is 27.8 Å². The zero-order valence-electron chi connectivity index (χ0n) is 6.36. The maximum absolute atomic E-state index is 10.3. The molecular weight excluding hydrogens is 244 g/mol. The van der Waals surface area contributed by atoms with Crippen molar-refractivity contribution in [3.63, 3.8) is 0 Å². The van der Waals surface area contributed by atoms with Crippen LogP contribution in [0.2, 0.25) is 0 Å². The van der Waals surface area contributed by atoms with Crippen molar-refractivity contribution in [2.24, 2.45) is 11.2 Å². The van der Waals surface area contributed by atoms with E-state index < -0.39 is 6.10 Å². The normalized spacial score (nSPS) is 14.4. The van der Waals surface area contributed by atoms with Crippen molar-refractivity contribution in [2.75, 3.05) is 6.54 Å². The average molecular weight is 256 g/mol. The molecule has 0 bridgehead atoms. The molecule has 0 radical (unpaired) electrons. The molecule has 0 rings (SSSR count). The van der Waals surface area contributed by atoms with E-state index in [2.05, 4.69) is 5.28 Å². The third-order valence-electron chi connectivity index (χ3n) is 1.21. The zero-order chi connectivity index (χ0) is 8.15. The van der Waals surface area contributed by atoms with Crippen molar-refractivity contribution in [3.8, 4) is 0 Å². The second-order valence-electron chi connectivity index (χ2n) is 2.44. The van der Waals surface area contributed by atoms with E-state index in [-0.39, 0.29) is 39.7 Å². The Bertz CT molecular complexity index is 129. The minimum atomic E-state index is -0.742. The first-order valence-corrected chi connectivity index (χ1v) is 3.05. The molecule has 5 nitrogen and oxygen atoms in total. The van der Waals surface area contributed by atoms with Gasteiger partial charge in [0.1, 0.15) is 6.10 Å². The minimum Gasteiger partial charge on any atom is -0.597 e. The Labute approximate surface area is 80.8 Å². The first-order chi connectivity index (χ1) is 4.57. The van der Waals surface area contributed by atoms with E-state index in [9.17, 15) is 5.21 Å². The van der Waals surface area contributed by atoms with Gasteiger partial charge in [-0.25, -0.2) is 0 Å². The van der Waals surface area contributed by atoms with Crippen molar-refractivity contribution < 1.29 is 37.6 Å². The molecule has 0 aliphatic heterocycles. The van der Waals surface area contributed by atoms with E-state index in [4.69, 9.17) is 10.3 Å². The fourth-order valence-corrected chi connectivity index (χ4v) is 0.407. The molecule has 0 fully saturated rings. The summed E-state index contributed by atoms with van der Waals surface area (Å²) in [5.41, 5.74) is 0. The van der Waals surface area contributed by atoms with E-state index >= 15 is 0 Å². The van der Waals surface area contributed by atoms with Gasteiger partial charge in [-0.05, 0) is 5.92 Å². The molecule has 1 atom stereocenters.